The number of para-hydroxylation sites is 1. The van der Waals surface area contributed by atoms with Crippen LogP contribution in [0.5, 0.6) is 0 Å². The van der Waals surface area contributed by atoms with Crippen LogP contribution in [0.15, 0.2) is 85.5 Å². The number of nitrogens with zero attached hydrogens (tertiary/aromatic N) is 2. The second-order valence-electron chi connectivity index (χ2n) is 23.1. The van der Waals surface area contributed by atoms with Gasteiger partial charge in [0.2, 0.25) is 65.0 Å². The van der Waals surface area contributed by atoms with Crippen LogP contribution in [0.3, 0.4) is 0 Å². The highest BCUT2D eigenvalue weighted by Crippen LogP contribution is 2.24. The molecule has 2 fully saturated rings. The van der Waals surface area contributed by atoms with Gasteiger partial charge < -0.3 is 74.2 Å². The Labute approximate surface area is 513 Å². The number of fused-ring (bicyclic) bond motifs is 2. The second kappa shape index (κ2) is 31.7. The van der Waals surface area contributed by atoms with E-state index in [0.717, 1.165) is 40.1 Å². The third kappa shape index (κ3) is 18.8. The molecular weight excluding hydrogens is 1150 g/mol. The van der Waals surface area contributed by atoms with E-state index in [9.17, 15) is 52.7 Å². The van der Waals surface area contributed by atoms with Crippen molar-refractivity contribution >= 4 is 98.4 Å². The van der Waals surface area contributed by atoms with Gasteiger partial charge in [0, 0.05) is 60.4 Å². The molecule has 26 nitrogen and oxygen atoms in total. The van der Waals surface area contributed by atoms with E-state index in [0.29, 0.717) is 30.0 Å². The lowest BCUT2D eigenvalue weighted by atomic mass is 9.99. The Morgan fingerprint density at radius 3 is 2.03 bits per heavy atom. The van der Waals surface area contributed by atoms with Crippen LogP contribution >= 0.6 is 11.8 Å². The van der Waals surface area contributed by atoms with E-state index in [-0.39, 0.29) is 50.3 Å². The molecule has 7 rings (SSSR count). The number of rotatable bonds is 30. The first-order valence-corrected chi connectivity index (χ1v) is 30.8. The summed E-state index contributed by atoms with van der Waals surface area (Å²) in [5.41, 5.74) is 13.7. The predicted octanol–water partition coefficient (Wildman–Crippen LogP) is 0.0983. The molecule has 0 radical (unpaired) electrons. The SMILES string of the molecule is CC(C)C[C@H](NC(=O)[C@H](Cc1cnc[nH]1)NC(=O)CNC(=O)[C@@H](NC(=O)[C@H](C)NC(=O)[C@H](Cc1c[nH]c2ccccc12)NC(=O)[C@H](CCC(N)=O)NC(=O)[C@@H](Cc1ccc2ccccc2c1)NC(=O)[C@@H]1CCCCN1)C(C)C)C(=O)N1CSC[C@H]1C(N)=O. The van der Waals surface area contributed by atoms with Crippen molar-refractivity contribution in [3.8, 4) is 0 Å². The number of imidazole rings is 1. The van der Waals surface area contributed by atoms with Crippen molar-refractivity contribution in [2.24, 2.45) is 23.3 Å². The number of aromatic nitrogens is 3. The van der Waals surface area contributed by atoms with Gasteiger partial charge in [-0.3, -0.25) is 52.7 Å². The van der Waals surface area contributed by atoms with E-state index in [1.807, 2.05) is 74.5 Å². The van der Waals surface area contributed by atoms with Crippen molar-refractivity contribution in [1.82, 2.24) is 67.7 Å². The molecule has 0 aliphatic carbocycles. The highest BCUT2D eigenvalue weighted by atomic mass is 32.2. The highest BCUT2D eigenvalue weighted by molar-refractivity contribution is 7.99. The lowest BCUT2D eigenvalue weighted by Crippen LogP contribution is -2.60. The van der Waals surface area contributed by atoms with Crippen molar-refractivity contribution in [2.75, 3.05) is 24.7 Å². The van der Waals surface area contributed by atoms with Crippen molar-refractivity contribution in [3.05, 3.63) is 102 Å². The number of thioether (sulfide) groups is 1. The molecule has 9 atom stereocenters. The number of amides is 11. The van der Waals surface area contributed by atoms with Gasteiger partial charge in [0.1, 0.15) is 48.3 Å². The molecule has 0 unspecified atom stereocenters. The van der Waals surface area contributed by atoms with Crippen LogP contribution in [0.1, 0.15) is 90.0 Å². The van der Waals surface area contributed by atoms with Gasteiger partial charge in [-0.05, 0) is 79.0 Å². The third-order valence-electron chi connectivity index (χ3n) is 15.4. The zero-order chi connectivity index (χ0) is 63.6. The van der Waals surface area contributed by atoms with E-state index in [4.69, 9.17) is 11.5 Å². The van der Waals surface area contributed by atoms with Gasteiger partial charge in [-0.1, -0.05) is 94.8 Å². The molecule has 5 aromatic rings. The van der Waals surface area contributed by atoms with Gasteiger partial charge in [-0.15, -0.1) is 11.8 Å². The summed E-state index contributed by atoms with van der Waals surface area (Å²) in [5.74, 6) is -7.98. The summed E-state index contributed by atoms with van der Waals surface area (Å²) in [7, 11) is 0. The molecule has 3 aromatic carbocycles. The fraction of sp³-hybridized carbons (Fsp3) is 0.475. The number of hydrogen-bond donors (Lipinski definition) is 13. The number of carbonyl (C=O) groups is 11. The number of hydrogen-bond acceptors (Lipinski definition) is 14. The van der Waals surface area contributed by atoms with Crippen LogP contribution in [0.2, 0.25) is 0 Å². The number of aromatic amines is 2. The van der Waals surface area contributed by atoms with Gasteiger partial charge in [0.15, 0.2) is 0 Å². The van der Waals surface area contributed by atoms with E-state index >= 15 is 0 Å². The molecule has 472 valence electrons. The first kappa shape index (κ1) is 66.7. The van der Waals surface area contributed by atoms with Gasteiger partial charge in [-0.25, -0.2) is 4.98 Å². The van der Waals surface area contributed by atoms with Crippen LogP contribution in [0.25, 0.3) is 21.7 Å². The summed E-state index contributed by atoms with van der Waals surface area (Å²) in [6, 6.07) is 10.2. The van der Waals surface area contributed by atoms with Crippen LogP contribution < -0.4 is 59.3 Å². The maximum absolute atomic E-state index is 14.6. The molecule has 2 aliphatic rings. The summed E-state index contributed by atoms with van der Waals surface area (Å²) < 4.78 is 0. The fourth-order valence-electron chi connectivity index (χ4n) is 10.6. The summed E-state index contributed by atoms with van der Waals surface area (Å²) in [6.45, 7) is 8.36. The monoisotopic (exact) mass is 1230 g/mol. The van der Waals surface area contributed by atoms with Crippen LogP contribution in [-0.4, -0.2) is 164 Å². The van der Waals surface area contributed by atoms with Crippen molar-refractivity contribution in [2.45, 2.75) is 147 Å². The third-order valence-corrected chi connectivity index (χ3v) is 16.4. The molecule has 0 spiro atoms. The summed E-state index contributed by atoms with van der Waals surface area (Å²) >= 11 is 1.36. The fourth-order valence-corrected chi connectivity index (χ4v) is 11.8. The number of piperidine rings is 1. The Morgan fingerprint density at radius 2 is 1.35 bits per heavy atom. The highest BCUT2D eigenvalue weighted by Gasteiger charge is 2.39. The molecule has 15 N–H and O–H groups in total. The van der Waals surface area contributed by atoms with E-state index in [2.05, 4.69) is 62.8 Å². The molecule has 2 saturated heterocycles. The topological polar surface area (TPSA) is 396 Å². The van der Waals surface area contributed by atoms with Crippen molar-refractivity contribution in [3.63, 3.8) is 0 Å². The lowest BCUT2D eigenvalue weighted by molar-refractivity contribution is -0.141. The second-order valence-corrected chi connectivity index (χ2v) is 24.1. The molecule has 4 heterocycles. The predicted molar refractivity (Wildman–Crippen MR) is 330 cm³/mol. The Kier molecular flexibility index (Phi) is 24.0. The molecule has 2 aliphatic heterocycles. The first-order chi connectivity index (χ1) is 42.0. The zero-order valence-corrected chi connectivity index (χ0v) is 50.9. The van der Waals surface area contributed by atoms with Gasteiger partial charge in [0.25, 0.3) is 0 Å². The number of H-pyrrole nitrogens is 2. The number of carbonyl (C=O) groups excluding carboxylic acids is 11. The van der Waals surface area contributed by atoms with Gasteiger partial charge in [0.05, 0.1) is 24.8 Å². The maximum Gasteiger partial charge on any atom is 0.246 e. The Balaban J connectivity index is 1.02. The molecule has 88 heavy (non-hydrogen) atoms. The minimum atomic E-state index is -1.45. The molecule has 0 saturated carbocycles. The first-order valence-electron chi connectivity index (χ1n) is 29.6. The largest absolute Gasteiger partial charge is 0.370 e. The quantitative estimate of drug-likeness (QED) is 0.0290. The standard InChI is InChI=1S/C61H81N15O11S/c1-33(2)22-48(61(87)76-32-88-30-49(76)53(63)79)74-59(85)47(26-40-28-64-31-68-40)70-51(78)29-67-60(86)52(34(3)4)75-54(80)35(5)69-57(83)46(25-39-27-66-42-15-9-8-14-41(39)42)73-56(82)44(19-20-50(62)77)71-58(84)45(72-55(81)43-16-10-11-21-65-43)24-36-17-18-37-12-6-7-13-38(37)23-36/h6-9,12-15,17-18,23,27-28,31,33-35,43-49,52,65-66H,10-11,16,19-22,24-26,29-30,32H2,1-5H3,(H2,62,77)(H2,63,79)(H,64,68)(H,67,86)(H,69,83)(H,70,78)(H,71,84)(H,72,81)(H,73,82)(H,74,85)(H,75,80)/t35-,43-,44-,45+,46-,47-,48-,49-,52-/m0/s1. The van der Waals surface area contributed by atoms with Gasteiger partial charge >= 0.3 is 0 Å². The lowest BCUT2D eigenvalue weighted by Gasteiger charge is -2.29. The molecule has 2 aromatic heterocycles. The van der Waals surface area contributed by atoms with Crippen LogP contribution in [0, 0.1) is 11.8 Å². The molecule has 0 bridgehead atoms. The number of nitrogens with two attached hydrogens (primary N) is 2. The average molecular weight is 1230 g/mol. The average Bonchev–Trinajstić information content (AvgIpc) is 3.48. The van der Waals surface area contributed by atoms with Crippen molar-refractivity contribution in [1.29, 1.82) is 0 Å². The molecule has 11 amide bonds. The van der Waals surface area contributed by atoms with E-state index < -0.39 is 132 Å². The number of benzene rings is 3. The summed E-state index contributed by atoms with van der Waals surface area (Å²) in [4.78, 5) is 162. The maximum atomic E-state index is 14.6. The summed E-state index contributed by atoms with van der Waals surface area (Å²) in [6.07, 6.45) is 6.20. The van der Waals surface area contributed by atoms with Gasteiger partial charge in [-0.2, -0.15) is 0 Å². The van der Waals surface area contributed by atoms with Crippen LogP contribution in [0.4, 0.5) is 0 Å². The van der Waals surface area contributed by atoms with E-state index in [1.54, 1.807) is 26.1 Å². The van der Waals surface area contributed by atoms with Crippen LogP contribution in [-0.2, 0) is 72.0 Å². The Hall–Kier alpha value is -8.85. The zero-order valence-electron chi connectivity index (χ0n) is 50.1. The number of nitrogens with one attached hydrogen (secondary N) is 11. The smallest absolute Gasteiger partial charge is 0.246 e. The minimum Gasteiger partial charge on any atom is -0.370 e. The molecule has 27 heteroatoms. The Bertz CT molecular complexity index is 3310. The summed E-state index contributed by atoms with van der Waals surface area (Å²) in [5, 5.41) is 27.4. The van der Waals surface area contributed by atoms with E-state index in [1.165, 1.54) is 36.1 Å². The minimum absolute atomic E-state index is 0.0414. The normalized spacial score (nSPS) is 17.3. The van der Waals surface area contributed by atoms with Crippen molar-refractivity contribution < 1.29 is 52.7 Å². The Morgan fingerprint density at radius 1 is 0.682 bits per heavy atom. The molecular formula is C61H81N15O11S. The number of primary amides is 2.